The van der Waals surface area contributed by atoms with Crippen molar-refractivity contribution in [3.8, 4) is 5.75 Å². The number of benzene rings is 2. The molecule has 1 aliphatic rings. The van der Waals surface area contributed by atoms with E-state index in [2.05, 4.69) is 29.2 Å². The average molecular weight is 342 g/mol. The zero-order valence-electron chi connectivity index (χ0n) is 14.2. The molecule has 1 saturated heterocycles. The molecule has 0 aromatic heterocycles. The summed E-state index contributed by atoms with van der Waals surface area (Å²) in [5, 5.41) is 0. The van der Waals surface area contributed by atoms with Crippen LogP contribution in [0.3, 0.4) is 0 Å². The number of carbonyl (C=O) groups is 1. The second-order valence-electron chi connectivity index (χ2n) is 6.20. The highest BCUT2D eigenvalue weighted by Gasteiger charge is 2.21. The number of amides is 1. The van der Waals surface area contributed by atoms with E-state index in [9.17, 15) is 9.18 Å². The molecule has 0 atom stereocenters. The van der Waals surface area contributed by atoms with Crippen LogP contribution in [0.4, 0.5) is 4.39 Å². The Kier molecular flexibility index (Phi) is 6.01. The molecule has 2 aromatic rings. The monoisotopic (exact) mass is 342 g/mol. The van der Waals surface area contributed by atoms with E-state index < -0.39 is 0 Å². The molecule has 5 heteroatoms. The van der Waals surface area contributed by atoms with Gasteiger partial charge in [0.15, 0.2) is 6.61 Å². The van der Waals surface area contributed by atoms with Crippen LogP contribution in [-0.2, 0) is 11.2 Å². The van der Waals surface area contributed by atoms with Crippen molar-refractivity contribution in [2.75, 3.05) is 39.3 Å². The molecule has 0 spiro atoms. The van der Waals surface area contributed by atoms with Crippen molar-refractivity contribution in [1.82, 2.24) is 9.80 Å². The van der Waals surface area contributed by atoms with Crippen LogP contribution in [0.5, 0.6) is 5.75 Å². The first-order chi connectivity index (χ1) is 12.2. The van der Waals surface area contributed by atoms with Gasteiger partial charge in [0.25, 0.3) is 5.91 Å². The number of rotatable bonds is 6. The van der Waals surface area contributed by atoms with Gasteiger partial charge < -0.3 is 9.64 Å². The smallest absolute Gasteiger partial charge is 0.260 e. The van der Waals surface area contributed by atoms with Crippen LogP contribution in [-0.4, -0.2) is 55.0 Å². The minimum atomic E-state index is -0.315. The lowest BCUT2D eigenvalue weighted by Crippen LogP contribution is -2.50. The molecule has 0 radical (unpaired) electrons. The van der Waals surface area contributed by atoms with Crippen LogP contribution in [0.1, 0.15) is 5.56 Å². The summed E-state index contributed by atoms with van der Waals surface area (Å²) in [4.78, 5) is 16.5. The lowest BCUT2D eigenvalue weighted by molar-refractivity contribution is -0.135. The van der Waals surface area contributed by atoms with Gasteiger partial charge in [0, 0.05) is 32.7 Å². The summed E-state index contributed by atoms with van der Waals surface area (Å²) in [5.74, 6) is 0.175. The highest BCUT2D eigenvalue weighted by Crippen LogP contribution is 2.12. The highest BCUT2D eigenvalue weighted by molar-refractivity contribution is 5.77. The van der Waals surface area contributed by atoms with E-state index in [-0.39, 0.29) is 18.3 Å². The van der Waals surface area contributed by atoms with Gasteiger partial charge in [-0.25, -0.2) is 4.39 Å². The van der Waals surface area contributed by atoms with Crippen molar-refractivity contribution in [2.45, 2.75) is 6.42 Å². The Morgan fingerprint density at radius 1 is 0.960 bits per heavy atom. The van der Waals surface area contributed by atoms with Crippen molar-refractivity contribution in [3.05, 3.63) is 66.0 Å². The Bertz CT molecular complexity index is 668. The van der Waals surface area contributed by atoms with Gasteiger partial charge in [0.2, 0.25) is 0 Å². The van der Waals surface area contributed by atoms with E-state index in [0.29, 0.717) is 5.75 Å². The molecule has 25 heavy (non-hydrogen) atoms. The third kappa shape index (κ3) is 5.29. The summed E-state index contributed by atoms with van der Waals surface area (Å²) in [6.07, 6.45) is 1.03. The van der Waals surface area contributed by atoms with E-state index >= 15 is 0 Å². The fraction of sp³-hybridized carbons (Fsp3) is 0.350. The third-order valence-electron chi connectivity index (χ3n) is 4.46. The fourth-order valence-corrected chi connectivity index (χ4v) is 2.92. The van der Waals surface area contributed by atoms with Crippen molar-refractivity contribution in [2.24, 2.45) is 0 Å². The maximum absolute atomic E-state index is 12.8. The summed E-state index contributed by atoms with van der Waals surface area (Å²) in [6, 6.07) is 16.2. The van der Waals surface area contributed by atoms with Crippen molar-refractivity contribution in [3.63, 3.8) is 0 Å². The number of piperazine rings is 1. The largest absolute Gasteiger partial charge is 0.484 e. The molecule has 0 bridgehead atoms. The van der Waals surface area contributed by atoms with Crippen molar-refractivity contribution >= 4 is 5.91 Å². The van der Waals surface area contributed by atoms with Gasteiger partial charge in [0.1, 0.15) is 11.6 Å². The lowest BCUT2D eigenvalue weighted by atomic mass is 10.1. The number of nitrogens with zero attached hydrogens (tertiary/aromatic N) is 2. The fourth-order valence-electron chi connectivity index (χ4n) is 2.92. The molecule has 1 heterocycles. The van der Waals surface area contributed by atoms with Crippen LogP contribution in [0.25, 0.3) is 0 Å². The zero-order chi connectivity index (χ0) is 17.5. The molecule has 2 aromatic carbocycles. The highest BCUT2D eigenvalue weighted by atomic mass is 19.1. The number of carbonyl (C=O) groups excluding carboxylic acids is 1. The topological polar surface area (TPSA) is 32.8 Å². The van der Waals surface area contributed by atoms with Gasteiger partial charge in [-0.3, -0.25) is 9.69 Å². The van der Waals surface area contributed by atoms with E-state index in [1.807, 2.05) is 11.0 Å². The summed E-state index contributed by atoms with van der Waals surface area (Å²) >= 11 is 0. The van der Waals surface area contributed by atoms with Crippen LogP contribution in [0.15, 0.2) is 54.6 Å². The van der Waals surface area contributed by atoms with Crippen molar-refractivity contribution in [1.29, 1.82) is 0 Å². The van der Waals surface area contributed by atoms with E-state index in [0.717, 1.165) is 39.1 Å². The summed E-state index contributed by atoms with van der Waals surface area (Å²) < 4.78 is 18.3. The minimum absolute atomic E-state index is 0.00432. The zero-order valence-corrected chi connectivity index (χ0v) is 14.2. The standard InChI is InChI=1S/C20H23FN2O2/c21-18-6-8-19(9-7-18)25-16-20(24)23-14-12-22(13-15-23)11-10-17-4-2-1-3-5-17/h1-9H,10-16H2. The number of ether oxygens (including phenoxy) is 1. The maximum atomic E-state index is 12.8. The minimum Gasteiger partial charge on any atom is -0.484 e. The molecule has 0 unspecified atom stereocenters. The molecule has 3 rings (SSSR count). The van der Waals surface area contributed by atoms with Gasteiger partial charge in [-0.2, -0.15) is 0 Å². The number of hydrogen-bond donors (Lipinski definition) is 0. The maximum Gasteiger partial charge on any atom is 0.260 e. The molecule has 132 valence electrons. The second-order valence-corrected chi connectivity index (χ2v) is 6.20. The molecular formula is C20H23FN2O2. The second kappa shape index (κ2) is 8.62. The average Bonchev–Trinajstić information content (AvgIpc) is 2.67. The van der Waals surface area contributed by atoms with Gasteiger partial charge in [-0.05, 0) is 36.2 Å². The quantitative estimate of drug-likeness (QED) is 0.809. The van der Waals surface area contributed by atoms with E-state index in [1.54, 1.807) is 0 Å². The van der Waals surface area contributed by atoms with Crippen LogP contribution in [0, 0.1) is 5.82 Å². The molecule has 1 aliphatic heterocycles. The Labute approximate surface area is 147 Å². The Balaban J connectivity index is 1.38. The third-order valence-corrected chi connectivity index (χ3v) is 4.46. The number of hydrogen-bond acceptors (Lipinski definition) is 3. The van der Waals surface area contributed by atoms with Crippen molar-refractivity contribution < 1.29 is 13.9 Å². The first-order valence-corrected chi connectivity index (χ1v) is 8.63. The van der Waals surface area contributed by atoms with Gasteiger partial charge in [0.05, 0.1) is 0 Å². The first-order valence-electron chi connectivity index (χ1n) is 8.63. The van der Waals surface area contributed by atoms with Crippen LogP contribution < -0.4 is 4.74 Å². The predicted octanol–water partition coefficient (Wildman–Crippen LogP) is 2.59. The summed E-state index contributed by atoms with van der Waals surface area (Å²) in [7, 11) is 0. The molecule has 4 nitrogen and oxygen atoms in total. The van der Waals surface area contributed by atoms with Crippen LogP contribution >= 0.6 is 0 Å². The predicted molar refractivity (Wildman–Crippen MR) is 95.1 cm³/mol. The Morgan fingerprint density at radius 2 is 1.64 bits per heavy atom. The van der Waals surface area contributed by atoms with E-state index in [1.165, 1.54) is 29.8 Å². The van der Waals surface area contributed by atoms with Gasteiger partial charge >= 0.3 is 0 Å². The molecule has 1 amide bonds. The van der Waals surface area contributed by atoms with Gasteiger partial charge in [-0.1, -0.05) is 30.3 Å². The lowest BCUT2D eigenvalue weighted by Gasteiger charge is -2.34. The Hall–Kier alpha value is -2.40. The SMILES string of the molecule is O=C(COc1ccc(F)cc1)N1CCN(CCc2ccccc2)CC1. The normalized spacial score (nSPS) is 15.2. The summed E-state index contributed by atoms with van der Waals surface area (Å²) in [6.45, 7) is 4.22. The van der Waals surface area contributed by atoms with E-state index in [4.69, 9.17) is 4.74 Å². The first kappa shape index (κ1) is 17.4. The molecule has 0 aliphatic carbocycles. The molecular weight excluding hydrogens is 319 g/mol. The Morgan fingerprint density at radius 3 is 2.32 bits per heavy atom. The van der Waals surface area contributed by atoms with Crippen LogP contribution in [0.2, 0.25) is 0 Å². The number of halogens is 1. The molecule has 0 N–H and O–H groups in total. The van der Waals surface area contributed by atoms with Gasteiger partial charge in [-0.15, -0.1) is 0 Å². The summed E-state index contributed by atoms with van der Waals surface area (Å²) in [5.41, 5.74) is 1.34. The molecule has 0 saturated carbocycles. The molecule has 1 fully saturated rings.